The minimum atomic E-state index is -1.16. The third-order valence-corrected chi connectivity index (χ3v) is 8.56. The Balaban J connectivity index is 1.39. The molecular weight excluding hydrogens is 468 g/mol. The van der Waals surface area contributed by atoms with Crippen LogP contribution in [0.5, 0.6) is 11.5 Å². The number of aliphatic hydroxyl groups is 1. The predicted octanol–water partition coefficient (Wildman–Crippen LogP) is 1.00. The molecule has 2 bridgehead atoms. The van der Waals surface area contributed by atoms with Crippen molar-refractivity contribution in [3.05, 3.63) is 35.1 Å². The van der Waals surface area contributed by atoms with E-state index >= 15 is 0 Å². The highest BCUT2D eigenvalue weighted by Gasteiger charge is 2.72. The van der Waals surface area contributed by atoms with Crippen LogP contribution in [-0.4, -0.2) is 75.3 Å². The van der Waals surface area contributed by atoms with Gasteiger partial charge in [-0.05, 0) is 50.6 Å². The predicted molar refractivity (Wildman–Crippen MR) is 126 cm³/mol. The number of aromatic hydroxyl groups is 1. The number of ether oxygens (including phenoxy) is 2. The number of carbonyl (C=O) groups is 3. The maximum atomic E-state index is 13.0. The zero-order chi connectivity index (χ0) is 26.0. The number of esters is 1. The number of carboxylic acid groups (broad SMARTS) is 1. The van der Waals surface area contributed by atoms with Gasteiger partial charge < -0.3 is 35.4 Å². The van der Waals surface area contributed by atoms with E-state index in [1.165, 1.54) is 0 Å². The van der Waals surface area contributed by atoms with Crippen LogP contribution in [0.1, 0.15) is 50.2 Å². The molecule has 5 rings (SSSR count). The van der Waals surface area contributed by atoms with Gasteiger partial charge in [0, 0.05) is 30.9 Å². The minimum absolute atomic E-state index is 0.00218. The lowest BCUT2D eigenvalue weighted by molar-refractivity contribution is -0.170. The second-order valence-corrected chi connectivity index (χ2v) is 10.6. The third kappa shape index (κ3) is 3.46. The van der Waals surface area contributed by atoms with E-state index in [0.717, 1.165) is 11.1 Å². The van der Waals surface area contributed by atoms with Crippen LogP contribution in [0.25, 0.3) is 0 Å². The lowest BCUT2D eigenvalue weighted by Gasteiger charge is -2.61. The summed E-state index contributed by atoms with van der Waals surface area (Å²) in [7, 11) is 1.99. The van der Waals surface area contributed by atoms with Crippen LogP contribution in [0.15, 0.2) is 24.0 Å². The summed E-state index contributed by atoms with van der Waals surface area (Å²) in [6.07, 6.45) is 1.93. The number of benzene rings is 1. The molecular formula is C26H32N2O8. The van der Waals surface area contributed by atoms with Crippen molar-refractivity contribution >= 4 is 17.7 Å². The van der Waals surface area contributed by atoms with Crippen LogP contribution in [0.3, 0.4) is 0 Å². The molecule has 1 aromatic rings. The van der Waals surface area contributed by atoms with E-state index in [1.807, 2.05) is 13.1 Å². The van der Waals surface area contributed by atoms with Gasteiger partial charge in [-0.1, -0.05) is 13.0 Å². The Kier molecular flexibility index (Phi) is 5.89. The molecule has 2 unspecified atom stereocenters. The summed E-state index contributed by atoms with van der Waals surface area (Å²) < 4.78 is 12.1. The normalized spacial score (nSPS) is 31.5. The van der Waals surface area contributed by atoms with E-state index in [1.54, 1.807) is 19.1 Å². The second-order valence-electron chi connectivity index (χ2n) is 10.6. The molecule has 1 aromatic carbocycles. The molecule has 2 aliphatic carbocycles. The molecule has 1 saturated heterocycles. The van der Waals surface area contributed by atoms with Gasteiger partial charge in [0.05, 0.1) is 23.0 Å². The number of likely N-dealkylation sites (N-methyl/N-ethyl adjacent to an activating group) is 1. The number of hydrogen-bond donors (Lipinski definition) is 4. The Morgan fingerprint density at radius 3 is 2.81 bits per heavy atom. The van der Waals surface area contributed by atoms with Gasteiger partial charge in [-0.15, -0.1) is 0 Å². The second kappa shape index (κ2) is 8.57. The molecule has 0 aromatic heterocycles. The zero-order valence-electron chi connectivity index (χ0n) is 20.4. The van der Waals surface area contributed by atoms with Crippen molar-refractivity contribution in [1.82, 2.24) is 4.90 Å². The maximum Gasteiger partial charge on any atom is 0.314 e. The van der Waals surface area contributed by atoms with E-state index in [9.17, 15) is 24.6 Å². The average Bonchev–Trinajstić information content (AvgIpc) is 3.19. The molecule has 0 amide bonds. The topological polar surface area (TPSA) is 160 Å². The summed E-state index contributed by atoms with van der Waals surface area (Å²) in [6.45, 7) is 2.27. The van der Waals surface area contributed by atoms with Crippen molar-refractivity contribution in [2.24, 2.45) is 11.7 Å². The number of phenols is 1. The standard InChI is InChI=1S/C26H32N2O8/c1-13(11-17(30)15(27)4-6-20(31)32)24(33)35-18-7-8-26(34)19-12-14-3-5-16(29)22-21(14)25(26,23(18)36-22)9-10-28(19)2/h3,5,7,13,15,19,23,29,34H,4,6,8-12,27H2,1-2H3,(H,31,32)/t13-,15+,19-,23?,25?,26-/m1/s1. The zero-order valence-corrected chi connectivity index (χ0v) is 20.4. The molecule has 4 aliphatic rings. The smallest absolute Gasteiger partial charge is 0.314 e. The molecule has 2 aliphatic heterocycles. The van der Waals surface area contributed by atoms with E-state index in [-0.39, 0.29) is 43.2 Å². The fraction of sp³-hybridized carbons (Fsp3) is 0.577. The number of nitrogens with two attached hydrogens (primary N) is 1. The van der Waals surface area contributed by atoms with E-state index in [2.05, 4.69) is 4.90 Å². The molecule has 6 atom stereocenters. The van der Waals surface area contributed by atoms with Crippen molar-refractivity contribution in [3.8, 4) is 11.5 Å². The SMILES string of the molecule is C[C@H](CC(=O)[C@@H](N)CCC(=O)O)C(=O)OC1=CC[C@@]2(O)[C@H]3Cc4ccc(O)c5c4C2(CCN3C)C1O5. The fourth-order valence-corrected chi connectivity index (χ4v) is 6.63. The van der Waals surface area contributed by atoms with Crippen molar-refractivity contribution < 1.29 is 39.2 Å². The number of aliphatic carboxylic acids is 1. The number of nitrogens with zero attached hydrogens (tertiary/aromatic N) is 1. The van der Waals surface area contributed by atoms with Gasteiger partial charge in [-0.2, -0.15) is 0 Å². The van der Waals surface area contributed by atoms with Gasteiger partial charge in [0.25, 0.3) is 0 Å². The summed E-state index contributed by atoms with van der Waals surface area (Å²) in [5.41, 5.74) is 5.57. The Hall–Kier alpha value is -2.95. The maximum absolute atomic E-state index is 13.0. The summed E-state index contributed by atoms with van der Waals surface area (Å²) >= 11 is 0. The third-order valence-electron chi connectivity index (χ3n) is 8.56. The first-order chi connectivity index (χ1) is 17.0. The Morgan fingerprint density at radius 1 is 1.33 bits per heavy atom. The summed E-state index contributed by atoms with van der Waals surface area (Å²) in [4.78, 5) is 38.3. The number of phenolic OH excluding ortho intramolecular Hbond substituents is 1. The minimum Gasteiger partial charge on any atom is -0.504 e. The number of likely N-dealkylation sites (tertiary alicyclic amines) is 1. The summed E-state index contributed by atoms with van der Waals surface area (Å²) in [5, 5.41) is 31.5. The molecule has 0 radical (unpaired) electrons. The Labute approximate surface area is 208 Å². The van der Waals surface area contributed by atoms with Crippen molar-refractivity contribution in [2.45, 2.75) is 74.7 Å². The molecule has 0 saturated carbocycles. The number of rotatable bonds is 8. The van der Waals surface area contributed by atoms with Gasteiger partial charge in [0.15, 0.2) is 17.6 Å². The van der Waals surface area contributed by atoms with E-state index in [4.69, 9.17) is 20.3 Å². The van der Waals surface area contributed by atoms with E-state index < -0.39 is 46.8 Å². The number of carbonyl (C=O) groups excluding carboxylic acids is 2. The molecule has 1 spiro atoms. The van der Waals surface area contributed by atoms with Crippen molar-refractivity contribution in [2.75, 3.05) is 13.6 Å². The first kappa shape index (κ1) is 24.7. The van der Waals surface area contributed by atoms with Gasteiger partial charge in [-0.25, -0.2) is 0 Å². The largest absolute Gasteiger partial charge is 0.504 e. The summed E-state index contributed by atoms with van der Waals surface area (Å²) in [5.74, 6) is -2.31. The molecule has 1 fully saturated rings. The molecule has 10 heteroatoms. The van der Waals surface area contributed by atoms with Gasteiger partial charge >= 0.3 is 11.9 Å². The number of hydrogen-bond acceptors (Lipinski definition) is 9. The van der Waals surface area contributed by atoms with Crippen LogP contribution < -0.4 is 10.5 Å². The first-order valence-electron chi connectivity index (χ1n) is 12.4. The highest BCUT2D eigenvalue weighted by Crippen LogP contribution is 2.65. The summed E-state index contributed by atoms with van der Waals surface area (Å²) in [6, 6.07) is 2.35. The highest BCUT2D eigenvalue weighted by molar-refractivity contribution is 5.88. The van der Waals surface area contributed by atoms with Crippen LogP contribution in [0.4, 0.5) is 0 Å². The average molecular weight is 501 g/mol. The number of Topliss-reactive ketones (excluding diaryl/α,β-unsaturated/α-hetero) is 1. The molecule has 194 valence electrons. The number of piperidine rings is 1. The molecule has 36 heavy (non-hydrogen) atoms. The quantitative estimate of drug-likeness (QED) is 0.379. The lowest BCUT2D eigenvalue weighted by Crippen LogP contribution is -2.74. The highest BCUT2D eigenvalue weighted by atomic mass is 16.6. The van der Waals surface area contributed by atoms with Gasteiger partial charge in [0.1, 0.15) is 11.5 Å². The van der Waals surface area contributed by atoms with Gasteiger partial charge in [-0.3, -0.25) is 14.4 Å². The van der Waals surface area contributed by atoms with Gasteiger partial charge in [0.2, 0.25) is 0 Å². The van der Waals surface area contributed by atoms with Crippen molar-refractivity contribution in [3.63, 3.8) is 0 Å². The monoisotopic (exact) mass is 500 g/mol. The molecule has 5 N–H and O–H groups in total. The number of carboxylic acids is 1. The molecule has 2 heterocycles. The first-order valence-corrected chi connectivity index (χ1v) is 12.4. The fourth-order valence-electron chi connectivity index (χ4n) is 6.63. The van der Waals surface area contributed by atoms with Crippen LogP contribution >= 0.6 is 0 Å². The Morgan fingerprint density at radius 2 is 2.08 bits per heavy atom. The Bertz CT molecular complexity index is 1160. The lowest BCUT2D eigenvalue weighted by atomic mass is 9.50. The van der Waals surface area contributed by atoms with Crippen molar-refractivity contribution in [1.29, 1.82) is 0 Å². The van der Waals surface area contributed by atoms with E-state index in [0.29, 0.717) is 25.1 Å². The van der Waals surface area contributed by atoms with Crippen LogP contribution in [-0.2, 0) is 31.0 Å². The van der Waals surface area contributed by atoms with Crippen LogP contribution in [0, 0.1) is 5.92 Å². The number of ketones is 1. The van der Waals surface area contributed by atoms with Crippen LogP contribution in [0.2, 0.25) is 0 Å². The molecule has 10 nitrogen and oxygen atoms in total.